The molecule has 0 aliphatic carbocycles. The average Bonchev–Trinajstić information content (AvgIpc) is 2.87. The van der Waals surface area contributed by atoms with Crippen LogP contribution in [0.4, 0.5) is 0 Å². The summed E-state index contributed by atoms with van der Waals surface area (Å²) in [5.41, 5.74) is 4.05. The third-order valence-electron chi connectivity index (χ3n) is 5.00. The van der Waals surface area contributed by atoms with Crippen LogP contribution >= 0.6 is 0 Å². The van der Waals surface area contributed by atoms with E-state index >= 15 is 0 Å². The Morgan fingerprint density at radius 2 is 1.59 bits per heavy atom. The fourth-order valence-corrected chi connectivity index (χ4v) is 4.65. The molecular weight excluding hydrogens is 454 g/mol. The van der Waals surface area contributed by atoms with Crippen molar-refractivity contribution in [1.82, 2.24) is 9.73 Å². The lowest BCUT2D eigenvalue weighted by atomic mass is 10.1. The number of carbonyl (C=O) groups excluding carboxylic acids is 1. The van der Waals surface area contributed by atoms with Crippen molar-refractivity contribution in [3.8, 4) is 11.5 Å². The van der Waals surface area contributed by atoms with Crippen molar-refractivity contribution in [3.05, 3.63) is 90.0 Å². The number of carbonyl (C=O) groups is 1. The second kappa shape index (κ2) is 12.0. The number of rotatable bonds is 11. The number of sulfonamides is 1. The van der Waals surface area contributed by atoms with E-state index in [0.717, 1.165) is 9.87 Å². The molecule has 0 bridgehead atoms. The van der Waals surface area contributed by atoms with Crippen LogP contribution in [0.5, 0.6) is 11.5 Å². The minimum absolute atomic E-state index is 0.129. The molecule has 0 heterocycles. The molecule has 3 aromatic rings. The Hall–Kier alpha value is -3.69. The van der Waals surface area contributed by atoms with Gasteiger partial charge in [-0.15, -0.1) is 0 Å². The van der Waals surface area contributed by atoms with Gasteiger partial charge in [-0.2, -0.15) is 9.41 Å². The van der Waals surface area contributed by atoms with E-state index < -0.39 is 15.9 Å². The Morgan fingerprint density at radius 1 is 0.941 bits per heavy atom. The molecule has 0 aliphatic rings. The van der Waals surface area contributed by atoms with E-state index in [-0.39, 0.29) is 18.0 Å². The maximum absolute atomic E-state index is 13.2. The molecule has 34 heavy (non-hydrogen) atoms. The quantitative estimate of drug-likeness (QED) is 0.335. The zero-order valence-electron chi connectivity index (χ0n) is 19.0. The first-order valence-corrected chi connectivity index (χ1v) is 12.0. The first-order valence-electron chi connectivity index (χ1n) is 10.6. The minimum atomic E-state index is -3.87. The van der Waals surface area contributed by atoms with Crippen molar-refractivity contribution in [2.45, 2.75) is 11.3 Å². The van der Waals surface area contributed by atoms with Gasteiger partial charge in [-0.05, 0) is 47.9 Å². The summed E-state index contributed by atoms with van der Waals surface area (Å²) >= 11 is 0. The third kappa shape index (κ3) is 6.66. The predicted molar refractivity (Wildman–Crippen MR) is 131 cm³/mol. The first kappa shape index (κ1) is 24.9. The molecular formula is C25H27N3O5S. The van der Waals surface area contributed by atoms with E-state index in [2.05, 4.69) is 10.5 Å². The molecule has 1 N–H and O–H groups in total. The van der Waals surface area contributed by atoms with Crippen molar-refractivity contribution in [2.75, 3.05) is 27.3 Å². The average molecular weight is 482 g/mol. The first-order chi connectivity index (χ1) is 16.4. The standard InChI is InChI=1S/C25H27N3O5S/c1-32-23-14-13-21(17-24(23)33-2)18-26-27-25(29)19-28(16-15-20-9-5-3-6-10-20)34(30,31)22-11-7-4-8-12-22/h3-14,17-18H,15-16,19H2,1-2H3,(H,27,29)/b26-18+. The van der Waals surface area contributed by atoms with Gasteiger partial charge in [-0.1, -0.05) is 48.5 Å². The van der Waals surface area contributed by atoms with Gasteiger partial charge in [0.05, 0.1) is 31.9 Å². The van der Waals surface area contributed by atoms with Gasteiger partial charge in [0.15, 0.2) is 11.5 Å². The van der Waals surface area contributed by atoms with Gasteiger partial charge in [-0.3, -0.25) is 4.79 Å². The lowest BCUT2D eigenvalue weighted by Crippen LogP contribution is -2.40. The Kier molecular flexibility index (Phi) is 8.78. The smallest absolute Gasteiger partial charge is 0.255 e. The number of hydrazone groups is 1. The molecule has 0 saturated heterocycles. The summed E-state index contributed by atoms with van der Waals surface area (Å²) in [4.78, 5) is 12.7. The minimum Gasteiger partial charge on any atom is -0.493 e. The zero-order valence-corrected chi connectivity index (χ0v) is 19.9. The molecule has 8 nitrogen and oxygen atoms in total. The van der Waals surface area contributed by atoms with Crippen LogP contribution in [0.3, 0.4) is 0 Å². The molecule has 1 amide bonds. The van der Waals surface area contributed by atoms with Gasteiger partial charge in [-0.25, -0.2) is 13.8 Å². The molecule has 0 fully saturated rings. The highest BCUT2D eigenvalue weighted by molar-refractivity contribution is 7.89. The number of ether oxygens (including phenoxy) is 2. The molecule has 0 atom stereocenters. The topological polar surface area (TPSA) is 97.3 Å². The van der Waals surface area contributed by atoms with E-state index in [1.54, 1.807) is 43.5 Å². The van der Waals surface area contributed by atoms with Gasteiger partial charge in [0, 0.05) is 6.54 Å². The van der Waals surface area contributed by atoms with Gasteiger partial charge < -0.3 is 9.47 Å². The number of nitrogens with one attached hydrogen (secondary N) is 1. The summed E-state index contributed by atoms with van der Waals surface area (Å²) in [7, 11) is -0.804. The highest BCUT2D eigenvalue weighted by atomic mass is 32.2. The highest BCUT2D eigenvalue weighted by Gasteiger charge is 2.26. The van der Waals surface area contributed by atoms with E-state index in [4.69, 9.17) is 9.47 Å². The zero-order chi connectivity index (χ0) is 24.4. The molecule has 9 heteroatoms. The van der Waals surface area contributed by atoms with Gasteiger partial charge >= 0.3 is 0 Å². The Bertz CT molecular complexity index is 1220. The lowest BCUT2D eigenvalue weighted by molar-refractivity contribution is -0.121. The van der Waals surface area contributed by atoms with Crippen LogP contribution in [0.2, 0.25) is 0 Å². The summed E-state index contributed by atoms with van der Waals surface area (Å²) in [6.07, 6.45) is 1.91. The fourth-order valence-electron chi connectivity index (χ4n) is 3.23. The van der Waals surface area contributed by atoms with E-state index in [1.807, 2.05) is 30.3 Å². The molecule has 0 spiro atoms. The molecule has 178 valence electrons. The molecule has 0 aliphatic heterocycles. The third-order valence-corrected chi connectivity index (χ3v) is 6.86. The van der Waals surface area contributed by atoms with Crippen molar-refractivity contribution in [3.63, 3.8) is 0 Å². The second-order valence-electron chi connectivity index (χ2n) is 7.29. The van der Waals surface area contributed by atoms with Gasteiger partial charge in [0.1, 0.15) is 0 Å². The van der Waals surface area contributed by atoms with Gasteiger partial charge in [0.25, 0.3) is 5.91 Å². The maximum atomic E-state index is 13.2. The molecule has 3 rings (SSSR count). The van der Waals surface area contributed by atoms with Crippen LogP contribution in [-0.4, -0.2) is 52.2 Å². The van der Waals surface area contributed by atoms with E-state index in [1.165, 1.54) is 25.5 Å². The summed E-state index contributed by atoms with van der Waals surface area (Å²) < 4.78 is 38.0. The molecule has 0 aromatic heterocycles. The number of benzene rings is 3. The van der Waals surface area contributed by atoms with Crippen LogP contribution in [-0.2, 0) is 21.2 Å². The fraction of sp³-hybridized carbons (Fsp3) is 0.200. The van der Waals surface area contributed by atoms with Crippen LogP contribution < -0.4 is 14.9 Å². The lowest BCUT2D eigenvalue weighted by Gasteiger charge is -2.21. The van der Waals surface area contributed by atoms with E-state index in [9.17, 15) is 13.2 Å². The van der Waals surface area contributed by atoms with Crippen LogP contribution in [0.25, 0.3) is 0 Å². The predicted octanol–water partition coefficient (Wildman–Crippen LogP) is 3.09. The van der Waals surface area contributed by atoms with Crippen LogP contribution in [0.1, 0.15) is 11.1 Å². The number of methoxy groups -OCH3 is 2. The largest absolute Gasteiger partial charge is 0.493 e. The summed E-state index contributed by atoms with van der Waals surface area (Å²) in [5, 5.41) is 3.96. The summed E-state index contributed by atoms with van der Waals surface area (Å²) in [6, 6.07) is 22.8. The number of amides is 1. The number of nitrogens with zero attached hydrogens (tertiary/aromatic N) is 2. The molecule has 0 saturated carbocycles. The maximum Gasteiger partial charge on any atom is 0.255 e. The molecule has 3 aromatic carbocycles. The van der Waals surface area contributed by atoms with Gasteiger partial charge in [0.2, 0.25) is 10.0 Å². The van der Waals surface area contributed by atoms with Crippen molar-refractivity contribution in [2.24, 2.45) is 5.10 Å². The Labute approximate surface area is 199 Å². The monoisotopic (exact) mass is 481 g/mol. The second-order valence-corrected chi connectivity index (χ2v) is 9.23. The summed E-state index contributed by atoms with van der Waals surface area (Å²) in [5.74, 6) is 0.548. The Morgan fingerprint density at radius 3 is 2.24 bits per heavy atom. The van der Waals surface area contributed by atoms with Crippen molar-refractivity contribution >= 4 is 22.1 Å². The summed E-state index contributed by atoms with van der Waals surface area (Å²) in [6.45, 7) is -0.221. The number of hydrogen-bond acceptors (Lipinski definition) is 6. The SMILES string of the molecule is COc1ccc(/C=N/NC(=O)CN(CCc2ccccc2)S(=O)(=O)c2ccccc2)cc1OC. The molecule has 0 radical (unpaired) electrons. The molecule has 0 unspecified atom stereocenters. The van der Waals surface area contributed by atoms with Crippen LogP contribution in [0.15, 0.2) is 88.9 Å². The Balaban J connectivity index is 1.71. The van der Waals surface area contributed by atoms with E-state index in [0.29, 0.717) is 23.5 Å². The van der Waals surface area contributed by atoms with Crippen molar-refractivity contribution in [1.29, 1.82) is 0 Å². The number of hydrogen-bond donors (Lipinski definition) is 1. The van der Waals surface area contributed by atoms with Crippen molar-refractivity contribution < 1.29 is 22.7 Å². The van der Waals surface area contributed by atoms with Crippen LogP contribution in [0, 0.1) is 0 Å². The normalized spacial score (nSPS) is 11.5. The highest BCUT2D eigenvalue weighted by Crippen LogP contribution is 2.26.